The average Bonchev–Trinajstić information content (AvgIpc) is 2.68. The molecule has 0 aromatic heterocycles. The van der Waals surface area contributed by atoms with Gasteiger partial charge in [-0.1, -0.05) is 6.07 Å². The van der Waals surface area contributed by atoms with Gasteiger partial charge in [0.2, 0.25) is 0 Å². The summed E-state index contributed by atoms with van der Waals surface area (Å²) >= 11 is 0. The third kappa shape index (κ3) is 3.83. The summed E-state index contributed by atoms with van der Waals surface area (Å²) in [5, 5.41) is 3.36. The van der Waals surface area contributed by atoms with Crippen LogP contribution in [0.4, 0.5) is 0 Å². The highest BCUT2D eigenvalue weighted by atomic mass is 16.5. The topological polar surface area (TPSA) is 65.7 Å². The van der Waals surface area contributed by atoms with Crippen molar-refractivity contribution in [1.29, 1.82) is 0 Å². The molecule has 2 rings (SSSR count). The van der Waals surface area contributed by atoms with Crippen molar-refractivity contribution in [3.8, 4) is 11.5 Å². The Hall–Kier alpha value is -1.30. The van der Waals surface area contributed by atoms with Gasteiger partial charge >= 0.3 is 0 Å². The van der Waals surface area contributed by atoms with Crippen LogP contribution >= 0.6 is 0 Å². The van der Waals surface area contributed by atoms with E-state index in [1.807, 2.05) is 18.2 Å². The zero-order chi connectivity index (χ0) is 13.5. The first kappa shape index (κ1) is 14.1. The lowest BCUT2D eigenvalue weighted by molar-refractivity contribution is 0.196. The molecule has 1 aliphatic rings. The highest BCUT2D eigenvalue weighted by molar-refractivity contribution is 5.44. The van der Waals surface area contributed by atoms with E-state index in [0.29, 0.717) is 26.4 Å². The molecule has 5 heteroatoms. The Morgan fingerprint density at radius 1 is 1.32 bits per heavy atom. The molecule has 1 aromatic carbocycles. The molecule has 0 saturated carbocycles. The molecular weight excluding hydrogens is 244 g/mol. The van der Waals surface area contributed by atoms with Crippen molar-refractivity contribution in [3.63, 3.8) is 0 Å². The number of nitrogens with two attached hydrogens (primary N) is 1. The fourth-order valence-electron chi connectivity index (χ4n) is 2.07. The van der Waals surface area contributed by atoms with Crippen molar-refractivity contribution < 1.29 is 14.2 Å². The van der Waals surface area contributed by atoms with Crippen LogP contribution < -0.4 is 20.5 Å². The normalized spacial score (nSPS) is 15.9. The van der Waals surface area contributed by atoms with Crippen LogP contribution in [-0.4, -0.2) is 40.0 Å². The van der Waals surface area contributed by atoms with Gasteiger partial charge in [0, 0.05) is 32.7 Å². The van der Waals surface area contributed by atoms with Gasteiger partial charge in [-0.3, -0.25) is 0 Å². The monoisotopic (exact) mass is 266 g/mol. The first-order valence-corrected chi connectivity index (χ1v) is 6.67. The lowest BCUT2D eigenvalue weighted by Crippen LogP contribution is -2.30. The summed E-state index contributed by atoms with van der Waals surface area (Å²) in [5.74, 6) is 1.62. The molecule has 0 spiro atoms. The second kappa shape index (κ2) is 7.33. The summed E-state index contributed by atoms with van der Waals surface area (Å²) in [7, 11) is 1.69. The minimum Gasteiger partial charge on any atom is -0.490 e. The molecule has 0 fully saturated rings. The van der Waals surface area contributed by atoms with Crippen molar-refractivity contribution in [2.75, 3.05) is 40.0 Å². The number of rotatable bonds is 6. The summed E-state index contributed by atoms with van der Waals surface area (Å²) in [6.45, 7) is 3.37. The Labute approximate surface area is 114 Å². The lowest BCUT2D eigenvalue weighted by Gasteiger charge is -2.18. The summed E-state index contributed by atoms with van der Waals surface area (Å²) in [5.41, 5.74) is 6.93. The number of fused-ring (bicyclic) bond motifs is 1. The van der Waals surface area contributed by atoms with Crippen LogP contribution in [0.1, 0.15) is 18.0 Å². The van der Waals surface area contributed by atoms with Gasteiger partial charge in [0.1, 0.15) is 0 Å². The number of hydrogen-bond acceptors (Lipinski definition) is 5. The van der Waals surface area contributed by atoms with Crippen LogP contribution in [0.15, 0.2) is 18.2 Å². The molecule has 0 saturated heterocycles. The van der Waals surface area contributed by atoms with E-state index in [2.05, 4.69) is 5.32 Å². The highest BCUT2D eigenvalue weighted by Gasteiger charge is 2.15. The molecule has 1 aliphatic heterocycles. The number of methoxy groups -OCH3 is 1. The maximum absolute atomic E-state index is 5.82. The first-order valence-electron chi connectivity index (χ1n) is 6.67. The van der Waals surface area contributed by atoms with Crippen LogP contribution in [0.2, 0.25) is 0 Å². The van der Waals surface area contributed by atoms with Crippen LogP contribution in [0.25, 0.3) is 0 Å². The zero-order valence-corrected chi connectivity index (χ0v) is 11.4. The van der Waals surface area contributed by atoms with Crippen molar-refractivity contribution >= 4 is 0 Å². The van der Waals surface area contributed by atoms with E-state index in [1.54, 1.807) is 7.11 Å². The molecule has 0 radical (unpaired) electrons. The molecule has 1 unspecified atom stereocenters. The molecule has 5 nitrogen and oxygen atoms in total. The van der Waals surface area contributed by atoms with E-state index in [0.717, 1.165) is 30.0 Å². The second-order valence-electron chi connectivity index (χ2n) is 4.49. The Balaban J connectivity index is 2.08. The standard InChI is InChI=1S/C14H22N2O3/c1-17-8-5-16-12(10-15)11-3-4-13-14(9-11)19-7-2-6-18-13/h3-4,9,12,16H,2,5-8,10,15H2,1H3. The van der Waals surface area contributed by atoms with E-state index >= 15 is 0 Å². The van der Waals surface area contributed by atoms with Gasteiger partial charge in [-0.2, -0.15) is 0 Å². The summed E-state index contributed by atoms with van der Waals surface area (Å²) in [6.07, 6.45) is 0.913. The Morgan fingerprint density at radius 3 is 2.84 bits per heavy atom. The van der Waals surface area contributed by atoms with E-state index in [4.69, 9.17) is 19.9 Å². The van der Waals surface area contributed by atoms with Crippen LogP contribution in [0.5, 0.6) is 11.5 Å². The van der Waals surface area contributed by atoms with Gasteiger partial charge in [0.05, 0.1) is 19.8 Å². The van der Waals surface area contributed by atoms with E-state index < -0.39 is 0 Å². The average molecular weight is 266 g/mol. The van der Waals surface area contributed by atoms with Gasteiger partial charge in [0.25, 0.3) is 0 Å². The van der Waals surface area contributed by atoms with Gasteiger partial charge in [-0.25, -0.2) is 0 Å². The maximum Gasteiger partial charge on any atom is 0.161 e. The summed E-state index contributed by atoms with van der Waals surface area (Å²) in [6, 6.07) is 6.10. The maximum atomic E-state index is 5.82. The van der Waals surface area contributed by atoms with E-state index in [9.17, 15) is 0 Å². The van der Waals surface area contributed by atoms with E-state index in [-0.39, 0.29) is 6.04 Å². The van der Waals surface area contributed by atoms with Crippen molar-refractivity contribution in [2.24, 2.45) is 5.73 Å². The molecule has 1 atom stereocenters. The molecule has 3 N–H and O–H groups in total. The summed E-state index contributed by atoms with van der Waals surface area (Å²) < 4.78 is 16.3. The molecule has 0 bridgehead atoms. The Morgan fingerprint density at radius 2 is 2.11 bits per heavy atom. The summed E-state index contributed by atoms with van der Waals surface area (Å²) in [4.78, 5) is 0. The number of benzene rings is 1. The molecule has 1 aromatic rings. The van der Waals surface area contributed by atoms with Crippen LogP contribution in [0.3, 0.4) is 0 Å². The molecule has 106 valence electrons. The largest absolute Gasteiger partial charge is 0.490 e. The second-order valence-corrected chi connectivity index (χ2v) is 4.49. The molecule has 1 heterocycles. The van der Waals surface area contributed by atoms with Gasteiger partial charge in [-0.05, 0) is 17.7 Å². The first-order chi connectivity index (χ1) is 9.35. The van der Waals surface area contributed by atoms with Crippen molar-refractivity contribution in [3.05, 3.63) is 23.8 Å². The van der Waals surface area contributed by atoms with Crippen molar-refractivity contribution in [1.82, 2.24) is 5.32 Å². The molecule has 0 amide bonds. The Kier molecular flexibility index (Phi) is 5.44. The smallest absolute Gasteiger partial charge is 0.161 e. The number of hydrogen-bond donors (Lipinski definition) is 2. The quantitative estimate of drug-likeness (QED) is 0.754. The molecule has 0 aliphatic carbocycles. The predicted octanol–water partition coefficient (Wildman–Crippen LogP) is 1.08. The minimum absolute atomic E-state index is 0.104. The van der Waals surface area contributed by atoms with Gasteiger partial charge in [0.15, 0.2) is 11.5 Å². The van der Waals surface area contributed by atoms with Gasteiger partial charge < -0.3 is 25.3 Å². The Bertz CT molecular complexity index is 398. The van der Waals surface area contributed by atoms with E-state index in [1.165, 1.54) is 0 Å². The number of ether oxygens (including phenoxy) is 3. The highest BCUT2D eigenvalue weighted by Crippen LogP contribution is 2.32. The lowest BCUT2D eigenvalue weighted by atomic mass is 10.1. The van der Waals surface area contributed by atoms with Gasteiger partial charge in [-0.15, -0.1) is 0 Å². The van der Waals surface area contributed by atoms with Crippen LogP contribution in [0, 0.1) is 0 Å². The van der Waals surface area contributed by atoms with Crippen LogP contribution in [-0.2, 0) is 4.74 Å². The zero-order valence-electron chi connectivity index (χ0n) is 11.4. The fraction of sp³-hybridized carbons (Fsp3) is 0.571. The minimum atomic E-state index is 0.104. The third-order valence-electron chi connectivity index (χ3n) is 3.11. The molecular formula is C14H22N2O3. The third-order valence-corrected chi connectivity index (χ3v) is 3.11. The molecule has 19 heavy (non-hydrogen) atoms. The fourth-order valence-corrected chi connectivity index (χ4v) is 2.07. The predicted molar refractivity (Wildman–Crippen MR) is 73.7 cm³/mol. The van der Waals surface area contributed by atoms with Crippen molar-refractivity contribution in [2.45, 2.75) is 12.5 Å². The SMILES string of the molecule is COCCNC(CN)c1ccc2c(c1)OCCCO2. The number of nitrogens with one attached hydrogen (secondary N) is 1.